The lowest BCUT2D eigenvalue weighted by Crippen LogP contribution is -2.39. The molecule has 2 heterocycles. The molecule has 1 amide bonds. The van der Waals surface area contributed by atoms with E-state index in [-0.39, 0.29) is 22.8 Å². The predicted molar refractivity (Wildman–Crippen MR) is 165 cm³/mol. The fourth-order valence-corrected chi connectivity index (χ4v) is 5.91. The van der Waals surface area contributed by atoms with Gasteiger partial charge in [-0.1, -0.05) is 24.3 Å². The van der Waals surface area contributed by atoms with Gasteiger partial charge in [0.25, 0.3) is 11.7 Å². The second kappa shape index (κ2) is 13.6. The highest BCUT2D eigenvalue weighted by molar-refractivity contribution is 9.10. The first kappa shape index (κ1) is 30.6. The second-order valence-electron chi connectivity index (χ2n) is 10.6. The van der Waals surface area contributed by atoms with Gasteiger partial charge >= 0.3 is 0 Å². The van der Waals surface area contributed by atoms with E-state index in [4.69, 9.17) is 14.2 Å². The molecule has 0 aromatic heterocycles. The number of carbonyl (C=O) groups excluding carboxylic acids is 2. The van der Waals surface area contributed by atoms with Crippen LogP contribution in [0.4, 0.5) is 0 Å². The molecule has 0 saturated carbocycles. The maximum atomic E-state index is 13.5. The highest BCUT2D eigenvalue weighted by Gasteiger charge is 2.46. The first-order chi connectivity index (χ1) is 20.8. The minimum absolute atomic E-state index is 0.0235. The van der Waals surface area contributed by atoms with Crippen molar-refractivity contribution in [2.75, 3.05) is 46.5 Å². The van der Waals surface area contributed by atoms with Gasteiger partial charge in [-0.25, -0.2) is 0 Å². The minimum Gasteiger partial charge on any atom is -0.507 e. The van der Waals surface area contributed by atoms with Gasteiger partial charge in [0.1, 0.15) is 18.1 Å². The number of ketones is 1. The SMILES string of the molecule is COc1cc(C2/C(=C(\O)c3ccc(OCc4ccccc4C)cc3)C(=O)C(=O)N2CCCN2CCOCC2)cc(Br)c1O. The number of halogens is 1. The third kappa shape index (κ3) is 6.71. The Morgan fingerprint density at radius 3 is 2.47 bits per heavy atom. The number of aryl methyl sites for hydroxylation is 1. The molecular formula is C33H35BrN2O7. The zero-order valence-electron chi connectivity index (χ0n) is 24.2. The number of methoxy groups -OCH3 is 1. The van der Waals surface area contributed by atoms with Crippen LogP contribution < -0.4 is 9.47 Å². The second-order valence-corrected chi connectivity index (χ2v) is 11.4. The van der Waals surface area contributed by atoms with Crippen molar-refractivity contribution < 1.29 is 34.0 Å². The summed E-state index contributed by atoms with van der Waals surface area (Å²) < 4.78 is 17.1. The van der Waals surface area contributed by atoms with Crippen molar-refractivity contribution in [3.63, 3.8) is 0 Å². The van der Waals surface area contributed by atoms with Crippen LogP contribution in [0.5, 0.6) is 17.2 Å². The number of phenols is 1. The van der Waals surface area contributed by atoms with Crippen molar-refractivity contribution >= 4 is 33.4 Å². The molecule has 5 rings (SSSR count). The first-order valence-corrected chi connectivity index (χ1v) is 15.0. The number of benzene rings is 3. The summed E-state index contributed by atoms with van der Waals surface area (Å²) in [6.07, 6.45) is 0.632. The van der Waals surface area contributed by atoms with Crippen molar-refractivity contribution in [3.8, 4) is 17.2 Å². The Kier molecular flexibility index (Phi) is 9.69. The van der Waals surface area contributed by atoms with Gasteiger partial charge in [-0.05, 0) is 82.4 Å². The third-order valence-corrected chi connectivity index (χ3v) is 8.49. The lowest BCUT2D eigenvalue weighted by molar-refractivity contribution is -0.140. The van der Waals surface area contributed by atoms with Crippen molar-refractivity contribution in [1.82, 2.24) is 9.80 Å². The van der Waals surface area contributed by atoms with Crippen molar-refractivity contribution in [3.05, 3.63) is 93.0 Å². The number of carbonyl (C=O) groups is 2. The van der Waals surface area contributed by atoms with Crippen LogP contribution in [0.1, 0.15) is 34.7 Å². The molecule has 3 aromatic rings. The van der Waals surface area contributed by atoms with Crippen LogP contribution in [0.3, 0.4) is 0 Å². The molecule has 2 aliphatic heterocycles. The average molecular weight is 652 g/mol. The van der Waals surface area contributed by atoms with E-state index < -0.39 is 17.7 Å². The van der Waals surface area contributed by atoms with Crippen molar-refractivity contribution in [2.24, 2.45) is 0 Å². The number of aromatic hydroxyl groups is 1. The van der Waals surface area contributed by atoms with Crippen molar-refractivity contribution in [2.45, 2.75) is 26.0 Å². The summed E-state index contributed by atoms with van der Waals surface area (Å²) in [5.74, 6) is -1.05. The summed E-state index contributed by atoms with van der Waals surface area (Å²) in [5.41, 5.74) is 3.07. The van der Waals surface area contributed by atoms with Gasteiger partial charge in [0, 0.05) is 31.7 Å². The monoisotopic (exact) mass is 650 g/mol. The molecule has 0 bridgehead atoms. The minimum atomic E-state index is -0.882. The molecule has 2 saturated heterocycles. The smallest absolute Gasteiger partial charge is 0.295 e. The number of nitrogens with zero attached hydrogens (tertiary/aromatic N) is 2. The molecule has 0 spiro atoms. The lowest BCUT2D eigenvalue weighted by atomic mass is 9.95. The zero-order valence-corrected chi connectivity index (χ0v) is 25.8. The zero-order chi connectivity index (χ0) is 30.5. The van der Waals surface area contributed by atoms with Gasteiger partial charge in [-0.3, -0.25) is 14.5 Å². The van der Waals surface area contributed by atoms with Gasteiger partial charge < -0.3 is 29.3 Å². The van der Waals surface area contributed by atoms with Crippen LogP contribution >= 0.6 is 15.9 Å². The number of Topliss-reactive ketones (excluding diaryl/α,β-unsaturated/α-hetero) is 1. The summed E-state index contributed by atoms with van der Waals surface area (Å²) in [6.45, 7) is 6.43. The summed E-state index contributed by atoms with van der Waals surface area (Å²) in [5, 5.41) is 21.9. The van der Waals surface area contributed by atoms with E-state index in [0.29, 0.717) is 54.1 Å². The van der Waals surface area contributed by atoms with Crippen LogP contribution in [-0.4, -0.2) is 78.2 Å². The number of aliphatic hydroxyl groups is 1. The average Bonchev–Trinajstić information content (AvgIpc) is 3.27. The van der Waals surface area contributed by atoms with Crippen LogP contribution in [0, 0.1) is 6.92 Å². The Morgan fingerprint density at radius 2 is 1.77 bits per heavy atom. The Bertz CT molecular complexity index is 1520. The Hall–Kier alpha value is -3.86. The lowest BCUT2D eigenvalue weighted by Gasteiger charge is -2.29. The summed E-state index contributed by atoms with van der Waals surface area (Å²) in [6, 6.07) is 17.1. The Labute approximate surface area is 259 Å². The summed E-state index contributed by atoms with van der Waals surface area (Å²) in [4.78, 5) is 30.7. The predicted octanol–water partition coefficient (Wildman–Crippen LogP) is 5.19. The van der Waals surface area contributed by atoms with Gasteiger partial charge in [-0.15, -0.1) is 0 Å². The highest BCUT2D eigenvalue weighted by Crippen LogP contribution is 2.44. The van der Waals surface area contributed by atoms with Gasteiger partial charge in [0.05, 0.1) is 36.4 Å². The molecule has 0 aliphatic carbocycles. The number of morpholine rings is 1. The molecule has 2 fully saturated rings. The highest BCUT2D eigenvalue weighted by atomic mass is 79.9. The van der Waals surface area contributed by atoms with E-state index >= 15 is 0 Å². The van der Waals surface area contributed by atoms with Gasteiger partial charge in [0.2, 0.25) is 0 Å². The van der Waals surface area contributed by atoms with E-state index in [0.717, 1.165) is 30.8 Å². The Balaban J connectivity index is 1.45. The van der Waals surface area contributed by atoms with Crippen LogP contribution in [0.15, 0.2) is 70.7 Å². The van der Waals surface area contributed by atoms with Crippen LogP contribution in [0.25, 0.3) is 5.76 Å². The van der Waals surface area contributed by atoms with Gasteiger partial charge in [0.15, 0.2) is 11.5 Å². The van der Waals surface area contributed by atoms with E-state index in [1.807, 2.05) is 31.2 Å². The Morgan fingerprint density at radius 1 is 1.05 bits per heavy atom. The van der Waals surface area contributed by atoms with E-state index in [9.17, 15) is 19.8 Å². The normalized spacial score (nSPS) is 18.7. The fourth-order valence-electron chi connectivity index (χ4n) is 5.45. The topological polar surface area (TPSA) is 109 Å². The van der Waals surface area contributed by atoms with Crippen LogP contribution in [-0.2, 0) is 20.9 Å². The number of rotatable bonds is 10. The molecule has 1 unspecified atom stereocenters. The largest absolute Gasteiger partial charge is 0.507 e. The quantitative estimate of drug-likeness (QED) is 0.175. The number of ether oxygens (including phenoxy) is 3. The molecule has 226 valence electrons. The van der Waals surface area contributed by atoms with Crippen LogP contribution in [0.2, 0.25) is 0 Å². The summed E-state index contributed by atoms with van der Waals surface area (Å²) >= 11 is 3.36. The van der Waals surface area contributed by atoms with E-state index in [1.54, 1.807) is 36.4 Å². The molecule has 43 heavy (non-hydrogen) atoms. The molecular weight excluding hydrogens is 616 g/mol. The molecule has 1 atom stereocenters. The number of phenolic OH excluding ortho intramolecular Hbond substituents is 1. The number of amides is 1. The first-order valence-electron chi connectivity index (χ1n) is 14.2. The number of hydrogen-bond donors (Lipinski definition) is 2. The maximum Gasteiger partial charge on any atom is 0.295 e. The number of likely N-dealkylation sites (tertiary alicyclic amines) is 1. The van der Waals surface area contributed by atoms with E-state index in [2.05, 4.69) is 20.8 Å². The molecule has 3 aromatic carbocycles. The van der Waals surface area contributed by atoms with Gasteiger partial charge in [-0.2, -0.15) is 0 Å². The third-order valence-electron chi connectivity index (χ3n) is 7.89. The number of aliphatic hydroxyl groups excluding tert-OH is 1. The number of hydrogen-bond acceptors (Lipinski definition) is 8. The fraction of sp³-hybridized carbons (Fsp3) is 0.333. The molecule has 10 heteroatoms. The van der Waals surface area contributed by atoms with E-state index in [1.165, 1.54) is 12.0 Å². The molecule has 0 radical (unpaired) electrons. The molecule has 9 nitrogen and oxygen atoms in total. The standard InChI is InChI=1S/C33H35BrN2O7/c1-21-6-3-4-7-23(21)20-43-25-10-8-22(9-11-25)30(37)28-29(24-18-26(34)31(38)27(19-24)41-2)36(33(40)32(28)39)13-5-12-35-14-16-42-17-15-35/h3-4,6-11,18-19,29,37-38H,5,12-17,20H2,1-2H3/b30-28+. The maximum absolute atomic E-state index is 13.5. The summed E-state index contributed by atoms with van der Waals surface area (Å²) in [7, 11) is 1.42. The molecule has 2 aliphatic rings. The molecule has 2 N–H and O–H groups in total. The van der Waals surface area contributed by atoms with Crippen molar-refractivity contribution in [1.29, 1.82) is 0 Å².